The van der Waals surface area contributed by atoms with Gasteiger partial charge in [-0.15, -0.1) is 0 Å². The molecule has 1 aliphatic rings. The van der Waals surface area contributed by atoms with Crippen LogP contribution >= 0.6 is 11.6 Å². The van der Waals surface area contributed by atoms with Crippen molar-refractivity contribution in [2.24, 2.45) is 0 Å². The third-order valence-electron chi connectivity index (χ3n) is 4.40. The van der Waals surface area contributed by atoms with Crippen LogP contribution < -0.4 is 9.64 Å². The summed E-state index contributed by atoms with van der Waals surface area (Å²) in [6.45, 7) is 8.95. The van der Waals surface area contributed by atoms with Crippen LogP contribution in [0.2, 0.25) is 5.02 Å². The second-order valence-electron chi connectivity index (χ2n) is 6.06. The quantitative estimate of drug-likeness (QED) is 0.616. The Morgan fingerprint density at radius 1 is 1.16 bits per heavy atom. The summed E-state index contributed by atoms with van der Waals surface area (Å²) >= 11 is 6.01. The van der Waals surface area contributed by atoms with Gasteiger partial charge in [0.25, 0.3) is 0 Å². The molecule has 0 bridgehead atoms. The highest BCUT2D eigenvalue weighted by Crippen LogP contribution is 2.32. The number of rotatable bonds is 3. The molecule has 124 valence electrons. The van der Waals surface area contributed by atoms with Crippen molar-refractivity contribution < 1.29 is 4.74 Å². The SMILES string of the molecule is [C-]#[N+]c1ccccc1N1CC[C@H](Oc2ccc3cc(Cl)ccc3n2)C1. The maximum absolute atomic E-state index is 7.32. The number of halogens is 1. The van der Waals surface area contributed by atoms with Crippen LogP contribution in [0.4, 0.5) is 11.4 Å². The Hall–Kier alpha value is -2.77. The molecule has 0 aliphatic carbocycles. The van der Waals surface area contributed by atoms with E-state index < -0.39 is 0 Å². The van der Waals surface area contributed by atoms with E-state index in [0.717, 1.165) is 36.1 Å². The van der Waals surface area contributed by atoms with Crippen molar-refractivity contribution in [2.45, 2.75) is 12.5 Å². The summed E-state index contributed by atoms with van der Waals surface area (Å²) in [7, 11) is 0. The molecule has 1 aliphatic heterocycles. The maximum atomic E-state index is 7.32. The van der Waals surface area contributed by atoms with E-state index in [1.54, 1.807) is 0 Å². The Labute approximate surface area is 151 Å². The Kier molecular flexibility index (Phi) is 4.17. The van der Waals surface area contributed by atoms with Crippen LogP contribution in [0.15, 0.2) is 54.6 Å². The molecular formula is C20H16ClN3O. The summed E-state index contributed by atoms with van der Waals surface area (Å²) in [6, 6.07) is 17.2. The first-order valence-electron chi connectivity index (χ1n) is 8.17. The predicted molar refractivity (Wildman–Crippen MR) is 101 cm³/mol. The van der Waals surface area contributed by atoms with E-state index in [1.807, 2.05) is 54.6 Å². The lowest BCUT2D eigenvalue weighted by molar-refractivity contribution is 0.216. The first kappa shape index (κ1) is 15.7. The van der Waals surface area contributed by atoms with Crippen molar-refractivity contribution in [3.63, 3.8) is 0 Å². The van der Waals surface area contributed by atoms with Crippen LogP contribution in [-0.2, 0) is 0 Å². The molecule has 25 heavy (non-hydrogen) atoms. The highest BCUT2D eigenvalue weighted by Gasteiger charge is 2.25. The fraction of sp³-hybridized carbons (Fsp3) is 0.200. The van der Waals surface area contributed by atoms with E-state index in [4.69, 9.17) is 22.9 Å². The summed E-state index contributed by atoms with van der Waals surface area (Å²) in [5.41, 5.74) is 2.53. The summed E-state index contributed by atoms with van der Waals surface area (Å²) in [4.78, 5) is 10.4. The average Bonchev–Trinajstić information content (AvgIpc) is 3.10. The minimum atomic E-state index is 0.0658. The smallest absolute Gasteiger partial charge is 0.214 e. The number of fused-ring (bicyclic) bond motifs is 1. The van der Waals surface area contributed by atoms with Gasteiger partial charge in [-0.1, -0.05) is 29.8 Å². The van der Waals surface area contributed by atoms with E-state index >= 15 is 0 Å². The molecule has 1 aromatic heterocycles. The lowest BCUT2D eigenvalue weighted by Crippen LogP contribution is -2.24. The normalized spacial score (nSPS) is 16.8. The van der Waals surface area contributed by atoms with Gasteiger partial charge in [0.15, 0.2) is 0 Å². The van der Waals surface area contributed by atoms with Gasteiger partial charge in [-0.05, 0) is 30.3 Å². The number of aromatic nitrogens is 1. The molecule has 0 saturated carbocycles. The zero-order valence-corrected chi connectivity index (χ0v) is 14.3. The van der Waals surface area contributed by atoms with Gasteiger partial charge in [0, 0.05) is 35.1 Å². The van der Waals surface area contributed by atoms with Gasteiger partial charge >= 0.3 is 0 Å². The molecule has 0 N–H and O–H groups in total. The van der Waals surface area contributed by atoms with Crippen molar-refractivity contribution in [2.75, 3.05) is 18.0 Å². The third-order valence-corrected chi connectivity index (χ3v) is 4.64. The number of hydrogen-bond acceptors (Lipinski definition) is 3. The molecule has 0 radical (unpaired) electrons. The summed E-state index contributed by atoms with van der Waals surface area (Å²) in [5.74, 6) is 0.625. The van der Waals surface area contributed by atoms with Gasteiger partial charge < -0.3 is 9.64 Å². The van der Waals surface area contributed by atoms with Crippen LogP contribution in [-0.4, -0.2) is 24.2 Å². The number of nitrogens with zero attached hydrogens (tertiary/aromatic N) is 3. The number of pyridine rings is 1. The largest absolute Gasteiger partial charge is 0.472 e. The van der Waals surface area contributed by atoms with Crippen LogP contribution in [0.25, 0.3) is 15.7 Å². The zero-order chi connectivity index (χ0) is 17.2. The second-order valence-corrected chi connectivity index (χ2v) is 6.50. The zero-order valence-electron chi connectivity index (χ0n) is 13.5. The number of para-hydroxylation sites is 2. The fourth-order valence-corrected chi connectivity index (χ4v) is 3.36. The van der Waals surface area contributed by atoms with Gasteiger partial charge in [0.1, 0.15) is 6.10 Å². The molecule has 5 heteroatoms. The topological polar surface area (TPSA) is 29.7 Å². The second kappa shape index (κ2) is 6.62. The Morgan fingerprint density at radius 2 is 2.04 bits per heavy atom. The third kappa shape index (κ3) is 3.24. The van der Waals surface area contributed by atoms with Gasteiger partial charge in [0.2, 0.25) is 11.6 Å². The fourth-order valence-electron chi connectivity index (χ4n) is 3.18. The molecular weight excluding hydrogens is 334 g/mol. The highest BCUT2D eigenvalue weighted by molar-refractivity contribution is 6.31. The minimum absolute atomic E-state index is 0.0658. The molecule has 0 amide bonds. The molecule has 2 heterocycles. The number of anilines is 1. The highest BCUT2D eigenvalue weighted by atomic mass is 35.5. The lowest BCUT2D eigenvalue weighted by Gasteiger charge is -2.20. The Bertz CT molecular complexity index is 967. The maximum Gasteiger partial charge on any atom is 0.214 e. The van der Waals surface area contributed by atoms with Crippen molar-refractivity contribution in [3.8, 4) is 5.88 Å². The molecule has 4 nitrogen and oxygen atoms in total. The predicted octanol–water partition coefficient (Wildman–Crippen LogP) is 5.10. The van der Waals surface area contributed by atoms with Crippen LogP contribution in [0.3, 0.4) is 0 Å². The van der Waals surface area contributed by atoms with E-state index in [9.17, 15) is 0 Å². The van der Waals surface area contributed by atoms with Crippen molar-refractivity contribution in [1.29, 1.82) is 0 Å². The Morgan fingerprint density at radius 3 is 2.92 bits per heavy atom. The minimum Gasteiger partial charge on any atom is -0.472 e. The number of benzene rings is 2. The standard InChI is InChI=1S/C20H16ClN3O/c1-22-18-4-2-3-5-19(18)24-11-10-16(13-24)25-20-9-6-14-12-15(21)7-8-17(14)23-20/h2-9,12,16H,10-11,13H2/t16-/m0/s1. The molecule has 1 saturated heterocycles. The van der Waals surface area contributed by atoms with Gasteiger partial charge in [-0.25, -0.2) is 9.83 Å². The van der Waals surface area contributed by atoms with E-state index in [0.29, 0.717) is 16.6 Å². The van der Waals surface area contributed by atoms with E-state index in [-0.39, 0.29) is 6.10 Å². The molecule has 2 aromatic carbocycles. The first-order chi connectivity index (χ1) is 12.2. The summed E-state index contributed by atoms with van der Waals surface area (Å²) in [5, 5.41) is 1.70. The molecule has 4 rings (SSSR count). The molecule has 0 unspecified atom stereocenters. The average molecular weight is 350 g/mol. The van der Waals surface area contributed by atoms with Gasteiger partial charge in [-0.3, -0.25) is 0 Å². The van der Waals surface area contributed by atoms with Crippen molar-refractivity contribution in [3.05, 3.63) is 71.0 Å². The van der Waals surface area contributed by atoms with Gasteiger partial charge in [0.05, 0.1) is 18.6 Å². The van der Waals surface area contributed by atoms with E-state index in [1.165, 1.54) is 0 Å². The molecule has 1 fully saturated rings. The van der Waals surface area contributed by atoms with Crippen LogP contribution in [0.5, 0.6) is 5.88 Å². The first-order valence-corrected chi connectivity index (χ1v) is 8.55. The number of hydrogen-bond donors (Lipinski definition) is 0. The van der Waals surface area contributed by atoms with Crippen molar-refractivity contribution in [1.82, 2.24) is 4.98 Å². The Balaban J connectivity index is 1.49. The van der Waals surface area contributed by atoms with E-state index in [2.05, 4.69) is 14.7 Å². The van der Waals surface area contributed by atoms with Crippen molar-refractivity contribution >= 4 is 33.9 Å². The van der Waals surface area contributed by atoms with Gasteiger partial charge in [-0.2, -0.15) is 0 Å². The lowest BCUT2D eigenvalue weighted by atomic mass is 10.2. The number of ether oxygens (including phenoxy) is 1. The van der Waals surface area contributed by atoms with Crippen LogP contribution in [0.1, 0.15) is 6.42 Å². The monoisotopic (exact) mass is 349 g/mol. The molecule has 0 spiro atoms. The van der Waals surface area contributed by atoms with Crippen LogP contribution in [0, 0.1) is 6.57 Å². The summed E-state index contributed by atoms with van der Waals surface area (Å²) in [6.07, 6.45) is 0.975. The molecule has 1 atom stereocenters. The summed E-state index contributed by atoms with van der Waals surface area (Å²) < 4.78 is 6.08. The molecule has 3 aromatic rings.